The zero-order chi connectivity index (χ0) is 21.5. The lowest BCUT2D eigenvalue weighted by atomic mass is 9.98. The standard InChI is InChI=1S/C23H29N3O3S/c1-23(2,29-3)17-10-12-18(13-11-17)30(24,28)26-22(27)25-21-19-8-4-6-15(19)14-16-7-5-9-20(16)21/h10-14H,4-9H2,1-3H3,(H3,24,25,26,27,28)/t30-/m1/s1. The van der Waals surface area contributed by atoms with Crippen LogP contribution in [-0.4, -0.2) is 17.3 Å². The SMILES string of the molecule is COC(C)(C)c1ccc([S@](N)(=O)=NC(=O)Nc2c3c(cc4c2CCC4)CCC3)cc1. The summed E-state index contributed by atoms with van der Waals surface area (Å²) in [5.74, 6) is 0. The number of urea groups is 1. The molecule has 0 bridgehead atoms. The number of anilines is 1. The summed E-state index contributed by atoms with van der Waals surface area (Å²) in [6.45, 7) is 3.88. The van der Waals surface area contributed by atoms with E-state index in [1.54, 1.807) is 31.4 Å². The van der Waals surface area contributed by atoms with Crippen LogP contribution in [0.5, 0.6) is 0 Å². The van der Waals surface area contributed by atoms with Gasteiger partial charge in [-0.25, -0.2) is 14.1 Å². The van der Waals surface area contributed by atoms with Crippen LogP contribution in [0.2, 0.25) is 0 Å². The molecule has 0 radical (unpaired) electrons. The van der Waals surface area contributed by atoms with Crippen LogP contribution in [0.4, 0.5) is 10.5 Å². The molecule has 2 aliphatic rings. The first-order chi connectivity index (χ1) is 14.2. The Hall–Kier alpha value is -2.22. The molecule has 2 aromatic rings. The summed E-state index contributed by atoms with van der Waals surface area (Å²) in [5.41, 5.74) is 6.35. The largest absolute Gasteiger partial charge is 0.374 e. The fourth-order valence-electron chi connectivity index (χ4n) is 4.44. The van der Waals surface area contributed by atoms with Crippen molar-refractivity contribution in [2.24, 2.45) is 9.50 Å². The first-order valence-electron chi connectivity index (χ1n) is 10.4. The summed E-state index contributed by atoms with van der Waals surface area (Å²) in [6, 6.07) is 8.54. The first kappa shape index (κ1) is 21.0. The first-order valence-corrected chi connectivity index (χ1v) is 12.0. The maximum Gasteiger partial charge on any atom is 0.354 e. The number of methoxy groups -OCH3 is 1. The highest BCUT2D eigenvalue weighted by molar-refractivity contribution is 7.91. The van der Waals surface area contributed by atoms with Crippen LogP contribution in [0.3, 0.4) is 0 Å². The summed E-state index contributed by atoms with van der Waals surface area (Å²) < 4.78 is 22.3. The number of hydrogen-bond donors (Lipinski definition) is 2. The summed E-state index contributed by atoms with van der Waals surface area (Å²) in [5, 5.41) is 8.91. The van der Waals surface area contributed by atoms with Crippen molar-refractivity contribution < 1.29 is 13.7 Å². The Balaban J connectivity index is 1.62. The lowest BCUT2D eigenvalue weighted by Gasteiger charge is -2.23. The van der Waals surface area contributed by atoms with Crippen LogP contribution in [-0.2, 0) is 45.9 Å². The van der Waals surface area contributed by atoms with Crippen molar-refractivity contribution in [3.05, 3.63) is 58.1 Å². The number of amides is 2. The van der Waals surface area contributed by atoms with E-state index >= 15 is 0 Å². The van der Waals surface area contributed by atoms with Gasteiger partial charge in [-0.05, 0) is 92.3 Å². The van der Waals surface area contributed by atoms with Gasteiger partial charge < -0.3 is 10.1 Å². The van der Waals surface area contributed by atoms with Crippen molar-refractivity contribution in [3.63, 3.8) is 0 Å². The van der Waals surface area contributed by atoms with Crippen molar-refractivity contribution in [1.29, 1.82) is 0 Å². The average molecular weight is 428 g/mol. The Morgan fingerprint density at radius 3 is 2.17 bits per heavy atom. The van der Waals surface area contributed by atoms with Gasteiger partial charge in [-0.2, -0.15) is 0 Å². The van der Waals surface area contributed by atoms with E-state index in [2.05, 4.69) is 15.7 Å². The molecule has 2 aromatic carbocycles. The Labute approximate surface area is 178 Å². The van der Waals surface area contributed by atoms with Gasteiger partial charge in [0.1, 0.15) is 9.92 Å². The quantitative estimate of drug-likeness (QED) is 0.753. The van der Waals surface area contributed by atoms with Crippen LogP contribution >= 0.6 is 0 Å². The Morgan fingerprint density at radius 1 is 1.07 bits per heavy atom. The zero-order valence-corrected chi connectivity index (χ0v) is 18.6. The average Bonchev–Trinajstić information content (AvgIpc) is 3.36. The van der Waals surface area contributed by atoms with E-state index in [4.69, 9.17) is 9.88 Å². The van der Waals surface area contributed by atoms with Crippen molar-refractivity contribution in [2.45, 2.75) is 62.9 Å². The molecule has 0 saturated carbocycles. The monoisotopic (exact) mass is 427 g/mol. The Bertz CT molecular complexity index is 1080. The van der Waals surface area contributed by atoms with E-state index in [1.165, 1.54) is 22.3 Å². The minimum absolute atomic E-state index is 0.317. The molecular formula is C23H29N3O3S. The molecule has 6 nitrogen and oxygen atoms in total. The van der Waals surface area contributed by atoms with Gasteiger partial charge in [-0.1, -0.05) is 18.2 Å². The third kappa shape index (κ3) is 3.89. The van der Waals surface area contributed by atoms with Crippen LogP contribution in [0, 0.1) is 0 Å². The van der Waals surface area contributed by atoms with Gasteiger partial charge in [0.15, 0.2) is 0 Å². The second-order valence-corrected chi connectivity index (χ2v) is 10.4. The Morgan fingerprint density at radius 2 is 1.63 bits per heavy atom. The number of nitrogens with two attached hydrogens (primary N) is 1. The molecular weight excluding hydrogens is 398 g/mol. The van der Waals surface area contributed by atoms with Crippen molar-refractivity contribution >= 4 is 21.6 Å². The highest BCUT2D eigenvalue weighted by Gasteiger charge is 2.25. The van der Waals surface area contributed by atoms with Crippen molar-refractivity contribution in [3.8, 4) is 0 Å². The second-order valence-electron chi connectivity index (χ2n) is 8.56. The third-order valence-electron chi connectivity index (χ3n) is 6.32. The summed E-state index contributed by atoms with van der Waals surface area (Å²) in [6.07, 6.45) is 6.17. The predicted molar refractivity (Wildman–Crippen MR) is 119 cm³/mol. The number of hydrogen-bond acceptors (Lipinski definition) is 3. The number of fused-ring (bicyclic) bond motifs is 2. The minimum Gasteiger partial charge on any atom is -0.374 e. The molecule has 0 heterocycles. The molecule has 3 N–H and O–H groups in total. The normalized spacial score (nSPS) is 17.2. The summed E-state index contributed by atoms with van der Waals surface area (Å²) in [7, 11) is -1.72. The number of nitrogens with one attached hydrogen (secondary N) is 1. The van der Waals surface area contributed by atoms with Gasteiger partial charge in [0, 0.05) is 12.8 Å². The minimum atomic E-state index is -3.35. The highest BCUT2D eigenvalue weighted by Crippen LogP contribution is 2.38. The van der Waals surface area contributed by atoms with Gasteiger partial charge in [0.05, 0.1) is 10.5 Å². The molecule has 0 aliphatic heterocycles. The van der Waals surface area contributed by atoms with Gasteiger partial charge >= 0.3 is 6.03 Å². The van der Waals surface area contributed by atoms with Gasteiger partial charge in [0.2, 0.25) is 0 Å². The summed E-state index contributed by atoms with van der Waals surface area (Å²) >= 11 is 0. The molecule has 0 spiro atoms. The number of ether oxygens (including phenoxy) is 1. The topological polar surface area (TPSA) is 93.8 Å². The van der Waals surface area contributed by atoms with E-state index in [0.717, 1.165) is 49.8 Å². The van der Waals surface area contributed by atoms with Crippen LogP contribution < -0.4 is 10.5 Å². The maximum atomic E-state index is 13.0. The number of nitrogens with zero attached hydrogens (tertiary/aromatic N) is 1. The summed E-state index contributed by atoms with van der Waals surface area (Å²) in [4.78, 5) is 13.0. The predicted octanol–water partition coefficient (Wildman–Crippen LogP) is 4.48. The molecule has 2 amide bonds. The lowest BCUT2D eigenvalue weighted by molar-refractivity contribution is 0.0192. The van der Waals surface area contributed by atoms with E-state index in [-0.39, 0.29) is 0 Å². The van der Waals surface area contributed by atoms with Crippen molar-refractivity contribution in [1.82, 2.24) is 0 Å². The van der Waals surface area contributed by atoms with E-state index in [9.17, 15) is 9.00 Å². The second kappa shape index (κ2) is 7.80. The van der Waals surface area contributed by atoms with Crippen molar-refractivity contribution in [2.75, 3.05) is 12.4 Å². The van der Waals surface area contributed by atoms with Gasteiger partial charge in [0.25, 0.3) is 0 Å². The molecule has 2 aliphatic carbocycles. The molecule has 0 fully saturated rings. The van der Waals surface area contributed by atoms with Crippen LogP contribution in [0.25, 0.3) is 0 Å². The third-order valence-corrected chi connectivity index (χ3v) is 7.71. The lowest BCUT2D eigenvalue weighted by Crippen LogP contribution is -2.21. The number of benzene rings is 2. The molecule has 0 aromatic heterocycles. The molecule has 30 heavy (non-hydrogen) atoms. The maximum absolute atomic E-state index is 13.0. The fraction of sp³-hybridized carbons (Fsp3) is 0.435. The van der Waals surface area contributed by atoms with E-state index < -0.39 is 21.5 Å². The molecule has 0 saturated heterocycles. The van der Waals surface area contributed by atoms with Gasteiger partial charge in [-0.15, -0.1) is 4.36 Å². The van der Waals surface area contributed by atoms with E-state index in [1.807, 2.05) is 13.8 Å². The number of aryl methyl sites for hydroxylation is 2. The molecule has 4 rings (SSSR count). The van der Waals surface area contributed by atoms with Crippen LogP contribution in [0.1, 0.15) is 54.5 Å². The number of carbonyl (C=O) groups excluding carboxylic acids is 1. The zero-order valence-electron chi connectivity index (χ0n) is 17.8. The van der Waals surface area contributed by atoms with Crippen LogP contribution in [0.15, 0.2) is 39.6 Å². The molecule has 0 unspecified atom stereocenters. The molecule has 160 valence electrons. The Kier molecular flexibility index (Phi) is 5.46. The highest BCUT2D eigenvalue weighted by atomic mass is 32.2. The number of carbonyl (C=O) groups is 1. The molecule has 7 heteroatoms. The van der Waals surface area contributed by atoms with E-state index in [0.29, 0.717) is 4.90 Å². The number of rotatable bonds is 4. The van der Waals surface area contributed by atoms with Gasteiger partial charge in [-0.3, -0.25) is 0 Å². The molecule has 1 atom stereocenters. The fourth-order valence-corrected chi connectivity index (χ4v) is 5.37. The smallest absolute Gasteiger partial charge is 0.354 e.